The Balaban J connectivity index is 1.24. The third kappa shape index (κ3) is 3.72. The van der Waals surface area contributed by atoms with Gasteiger partial charge in [0, 0.05) is 12.1 Å². The molecule has 1 aliphatic heterocycles. The maximum Gasteiger partial charge on any atom is 0.240 e. The van der Waals surface area contributed by atoms with Crippen molar-refractivity contribution in [3.8, 4) is 0 Å². The first-order chi connectivity index (χ1) is 13.9. The van der Waals surface area contributed by atoms with Crippen LogP contribution in [0.5, 0.6) is 0 Å². The van der Waals surface area contributed by atoms with Gasteiger partial charge in [0.2, 0.25) is 11.8 Å². The van der Waals surface area contributed by atoms with Crippen LogP contribution in [0.4, 0.5) is 5.69 Å². The quantitative estimate of drug-likeness (QED) is 0.780. The van der Waals surface area contributed by atoms with Gasteiger partial charge in [0.25, 0.3) is 0 Å². The molecule has 5 fully saturated rings. The Labute approximate surface area is 176 Å². The van der Waals surface area contributed by atoms with Crippen LogP contribution in [0.2, 0.25) is 0 Å². The number of thioether (sulfide) groups is 1. The van der Waals surface area contributed by atoms with E-state index in [0.717, 1.165) is 39.7 Å². The highest BCUT2D eigenvalue weighted by atomic mass is 32.2. The number of benzene rings is 1. The number of anilines is 1. The van der Waals surface area contributed by atoms with Crippen LogP contribution in [0.1, 0.15) is 56.1 Å². The van der Waals surface area contributed by atoms with E-state index in [4.69, 9.17) is 4.99 Å². The van der Waals surface area contributed by atoms with Gasteiger partial charge in [-0.05, 0) is 87.3 Å². The molecule has 4 aliphatic carbocycles. The van der Waals surface area contributed by atoms with Gasteiger partial charge in [0.1, 0.15) is 5.25 Å². The molecule has 4 bridgehead atoms. The smallest absolute Gasteiger partial charge is 0.240 e. The molecule has 154 valence electrons. The Morgan fingerprint density at radius 3 is 2.48 bits per heavy atom. The average molecular weight is 412 g/mol. The zero-order valence-corrected chi connectivity index (χ0v) is 18.0. The van der Waals surface area contributed by atoms with Crippen LogP contribution in [0.3, 0.4) is 0 Å². The van der Waals surface area contributed by atoms with Crippen molar-refractivity contribution >= 4 is 34.4 Å². The molecular weight excluding hydrogens is 382 g/mol. The second-order valence-corrected chi connectivity index (χ2v) is 10.8. The van der Waals surface area contributed by atoms with Crippen molar-refractivity contribution in [3.63, 3.8) is 0 Å². The zero-order valence-electron chi connectivity index (χ0n) is 17.2. The van der Waals surface area contributed by atoms with Crippen molar-refractivity contribution in [1.29, 1.82) is 0 Å². The Kier molecular flexibility index (Phi) is 4.72. The van der Waals surface area contributed by atoms with Crippen molar-refractivity contribution < 1.29 is 9.59 Å². The van der Waals surface area contributed by atoms with E-state index >= 15 is 0 Å². The highest BCUT2D eigenvalue weighted by molar-refractivity contribution is 8.15. The lowest BCUT2D eigenvalue weighted by Crippen LogP contribution is -2.50. The van der Waals surface area contributed by atoms with Gasteiger partial charge in [-0.3, -0.25) is 14.6 Å². The molecule has 5 nitrogen and oxygen atoms in total. The summed E-state index contributed by atoms with van der Waals surface area (Å²) in [6.45, 7) is 4.02. The molecule has 6 heteroatoms. The summed E-state index contributed by atoms with van der Waals surface area (Å²) in [5.74, 6) is 2.27. The van der Waals surface area contributed by atoms with E-state index in [1.807, 2.05) is 32.0 Å². The molecule has 1 aromatic rings. The number of amides is 2. The maximum absolute atomic E-state index is 12.5. The highest BCUT2D eigenvalue weighted by Gasteiger charge is 2.51. The summed E-state index contributed by atoms with van der Waals surface area (Å²) in [6, 6.07) is 5.87. The van der Waals surface area contributed by atoms with Crippen LogP contribution in [0, 0.1) is 31.6 Å². The molecule has 1 saturated heterocycles. The zero-order chi connectivity index (χ0) is 20.2. The van der Waals surface area contributed by atoms with Gasteiger partial charge in [0.05, 0.1) is 5.54 Å². The number of carbonyl (C=O) groups is 2. The standard InChI is InChI=1S/C23H29N3O2S/c1-13-4-3-5-18(14(13)2)24-20(27)9-19-21(28)25-22(29-19)26-23-10-15-6-16(11-23)8-17(7-15)12-23/h3-5,15-17,19H,6-12H2,1-2H3,(H,24,27)(H,25,26,28). The van der Waals surface area contributed by atoms with E-state index in [-0.39, 0.29) is 23.8 Å². The predicted octanol–water partition coefficient (Wildman–Crippen LogP) is 4.19. The number of hydrogen-bond donors (Lipinski definition) is 2. The monoisotopic (exact) mass is 411 g/mol. The molecule has 2 N–H and O–H groups in total. The van der Waals surface area contributed by atoms with E-state index in [9.17, 15) is 9.59 Å². The molecule has 29 heavy (non-hydrogen) atoms. The number of nitrogens with zero attached hydrogens (tertiary/aromatic N) is 1. The summed E-state index contributed by atoms with van der Waals surface area (Å²) in [6.07, 6.45) is 7.84. The van der Waals surface area contributed by atoms with Crippen molar-refractivity contribution in [1.82, 2.24) is 5.32 Å². The Morgan fingerprint density at radius 1 is 1.17 bits per heavy atom. The van der Waals surface area contributed by atoms with Crippen molar-refractivity contribution in [3.05, 3.63) is 29.3 Å². The molecule has 4 saturated carbocycles. The van der Waals surface area contributed by atoms with Crippen LogP contribution in [0.15, 0.2) is 23.2 Å². The van der Waals surface area contributed by atoms with E-state index in [0.29, 0.717) is 0 Å². The van der Waals surface area contributed by atoms with Gasteiger partial charge >= 0.3 is 0 Å². The molecule has 0 radical (unpaired) electrons. The summed E-state index contributed by atoms with van der Waals surface area (Å²) >= 11 is 1.44. The molecular formula is C23H29N3O2S. The Hall–Kier alpha value is -1.82. The van der Waals surface area contributed by atoms with Gasteiger partial charge in [-0.25, -0.2) is 0 Å². The molecule has 1 aromatic carbocycles. The second-order valence-electron chi connectivity index (χ2n) is 9.65. The van der Waals surface area contributed by atoms with Gasteiger partial charge in [-0.1, -0.05) is 23.9 Å². The molecule has 0 aromatic heterocycles. The number of hydrogen-bond acceptors (Lipinski definition) is 4. The van der Waals surface area contributed by atoms with Gasteiger partial charge in [-0.2, -0.15) is 0 Å². The summed E-state index contributed by atoms with van der Waals surface area (Å²) in [5.41, 5.74) is 3.07. The van der Waals surface area contributed by atoms with E-state index in [2.05, 4.69) is 10.6 Å². The number of aryl methyl sites for hydroxylation is 1. The molecule has 1 heterocycles. The fourth-order valence-electron chi connectivity index (χ4n) is 6.27. The highest BCUT2D eigenvalue weighted by Crippen LogP contribution is 2.57. The first kappa shape index (κ1) is 19.2. The second kappa shape index (κ2) is 7.15. The number of nitrogens with one attached hydrogen (secondary N) is 2. The first-order valence-electron chi connectivity index (χ1n) is 10.8. The summed E-state index contributed by atoms with van der Waals surface area (Å²) in [5, 5.41) is 6.27. The van der Waals surface area contributed by atoms with Gasteiger partial charge in [0.15, 0.2) is 5.17 Å². The van der Waals surface area contributed by atoms with Crippen molar-refractivity contribution in [2.45, 2.75) is 69.6 Å². The molecule has 1 atom stereocenters. The van der Waals surface area contributed by atoms with E-state index in [1.54, 1.807) is 0 Å². The molecule has 0 spiro atoms. The maximum atomic E-state index is 12.5. The normalized spacial score (nSPS) is 36.5. The average Bonchev–Trinajstić information content (AvgIpc) is 2.96. The fourth-order valence-corrected chi connectivity index (χ4v) is 7.34. The Morgan fingerprint density at radius 2 is 1.83 bits per heavy atom. The topological polar surface area (TPSA) is 70.6 Å². The Bertz CT molecular complexity index is 859. The minimum atomic E-state index is -0.396. The fraction of sp³-hybridized carbons (Fsp3) is 0.609. The van der Waals surface area contributed by atoms with Gasteiger partial charge in [-0.15, -0.1) is 0 Å². The van der Waals surface area contributed by atoms with Crippen LogP contribution >= 0.6 is 11.8 Å². The first-order valence-corrected chi connectivity index (χ1v) is 11.7. The van der Waals surface area contributed by atoms with Crippen LogP contribution in [0.25, 0.3) is 0 Å². The van der Waals surface area contributed by atoms with Crippen molar-refractivity contribution in [2.75, 3.05) is 5.32 Å². The minimum Gasteiger partial charge on any atom is -0.326 e. The van der Waals surface area contributed by atoms with Gasteiger partial charge < -0.3 is 10.6 Å². The number of rotatable bonds is 4. The van der Waals surface area contributed by atoms with Crippen LogP contribution in [-0.2, 0) is 9.59 Å². The molecule has 1 unspecified atom stereocenters. The largest absolute Gasteiger partial charge is 0.326 e. The number of amidine groups is 1. The molecule has 6 rings (SSSR count). The molecule has 5 aliphatic rings. The molecule has 2 amide bonds. The predicted molar refractivity (Wildman–Crippen MR) is 117 cm³/mol. The SMILES string of the molecule is Cc1cccc(NC(=O)CC2SC(=NC34CC5CC(CC(C5)C3)C4)NC2=O)c1C. The minimum absolute atomic E-state index is 0.0419. The summed E-state index contributed by atoms with van der Waals surface area (Å²) in [7, 11) is 0. The lowest BCUT2D eigenvalue weighted by molar-refractivity contribution is -0.122. The van der Waals surface area contributed by atoms with E-state index < -0.39 is 5.25 Å². The number of carbonyl (C=O) groups excluding carboxylic acids is 2. The van der Waals surface area contributed by atoms with Crippen LogP contribution in [-0.4, -0.2) is 27.8 Å². The summed E-state index contributed by atoms with van der Waals surface area (Å²) < 4.78 is 0. The van der Waals surface area contributed by atoms with Crippen LogP contribution < -0.4 is 10.6 Å². The van der Waals surface area contributed by atoms with E-state index in [1.165, 1.54) is 50.3 Å². The third-order valence-electron chi connectivity index (χ3n) is 7.37. The lowest BCUT2D eigenvalue weighted by atomic mass is 9.53. The summed E-state index contributed by atoms with van der Waals surface area (Å²) in [4.78, 5) is 30.1. The third-order valence-corrected chi connectivity index (χ3v) is 8.45. The number of aliphatic imine (C=N–C) groups is 1. The van der Waals surface area contributed by atoms with Crippen molar-refractivity contribution in [2.24, 2.45) is 22.7 Å². The lowest BCUT2D eigenvalue weighted by Gasteiger charge is -2.55.